The van der Waals surface area contributed by atoms with E-state index in [-0.39, 0.29) is 36.6 Å². The van der Waals surface area contributed by atoms with Crippen molar-refractivity contribution in [3.63, 3.8) is 0 Å². The Morgan fingerprint density at radius 3 is 2.19 bits per heavy atom. The van der Waals surface area contributed by atoms with Crippen LogP contribution in [0.4, 0.5) is 0 Å². The molecule has 0 aliphatic carbocycles. The molecule has 1 saturated heterocycles. The Hall–Kier alpha value is -1.34. The Bertz CT molecular complexity index is 568. The molecule has 1 aliphatic heterocycles. The molecule has 148 valence electrons. The van der Waals surface area contributed by atoms with E-state index in [1.165, 1.54) is 12.8 Å². The van der Waals surface area contributed by atoms with E-state index in [0.717, 1.165) is 25.2 Å². The van der Waals surface area contributed by atoms with E-state index < -0.39 is 5.54 Å². The zero-order chi connectivity index (χ0) is 17.6. The molecule has 1 aliphatic rings. The molecular weight excluding hydrogens is 375 g/mol. The van der Waals surface area contributed by atoms with Crippen molar-refractivity contribution in [2.45, 2.75) is 38.8 Å². The van der Waals surface area contributed by atoms with Crippen LogP contribution in [0.2, 0.25) is 0 Å². The minimum Gasteiger partial charge on any atom is -0.351 e. The standard InChI is InChI=1S/C18H28N4O2.2ClH/c1-18(2,19)17(24)21-13-14-5-7-15(8-6-14)16(23)20-9-12-22-10-3-4-11-22;;/h5-8H,3-4,9-13,19H2,1-2H3,(H,20,23)(H,21,24);2*1H. The van der Waals surface area contributed by atoms with Gasteiger partial charge >= 0.3 is 0 Å². The monoisotopic (exact) mass is 404 g/mol. The van der Waals surface area contributed by atoms with Gasteiger partial charge < -0.3 is 21.3 Å². The first kappa shape index (κ1) is 24.7. The summed E-state index contributed by atoms with van der Waals surface area (Å²) in [6, 6.07) is 7.25. The van der Waals surface area contributed by atoms with E-state index in [4.69, 9.17) is 5.73 Å². The average molecular weight is 405 g/mol. The van der Waals surface area contributed by atoms with Crippen molar-refractivity contribution in [2.24, 2.45) is 5.73 Å². The highest BCUT2D eigenvalue weighted by atomic mass is 35.5. The summed E-state index contributed by atoms with van der Waals surface area (Å²) in [6.07, 6.45) is 2.51. The minimum atomic E-state index is -0.894. The second-order valence-electron chi connectivity index (χ2n) is 6.91. The minimum absolute atomic E-state index is 0. The van der Waals surface area contributed by atoms with Gasteiger partial charge in [-0.3, -0.25) is 9.59 Å². The highest BCUT2D eigenvalue weighted by Gasteiger charge is 2.21. The molecule has 0 atom stereocenters. The third-order valence-electron chi connectivity index (χ3n) is 4.17. The summed E-state index contributed by atoms with van der Waals surface area (Å²) in [5.41, 5.74) is 6.40. The Kier molecular flexibility index (Phi) is 10.8. The number of benzene rings is 1. The zero-order valence-electron chi connectivity index (χ0n) is 15.4. The van der Waals surface area contributed by atoms with Gasteiger partial charge in [-0.1, -0.05) is 12.1 Å². The Morgan fingerprint density at radius 2 is 1.65 bits per heavy atom. The summed E-state index contributed by atoms with van der Waals surface area (Å²) in [4.78, 5) is 26.2. The van der Waals surface area contributed by atoms with Gasteiger partial charge in [0.05, 0.1) is 5.54 Å². The van der Waals surface area contributed by atoms with E-state index in [1.807, 2.05) is 12.1 Å². The summed E-state index contributed by atoms with van der Waals surface area (Å²) in [6.45, 7) is 7.57. The van der Waals surface area contributed by atoms with Gasteiger partial charge in [-0.15, -0.1) is 24.8 Å². The number of hydrogen-bond acceptors (Lipinski definition) is 4. The number of amides is 2. The molecule has 1 aromatic rings. The molecule has 1 fully saturated rings. The lowest BCUT2D eigenvalue weighted by Gasteiger charge is -2.17. The smallest absolute Gasteiger partial charge is 0.251 e. The Balaban J connectivity index is 0.00000312. The van der Waals surface area contributed by atoms with Crippen molar-refractivity contribution in [2.75, 3.05) is 26.2 Å². The number of nitrogens with two attached hydrogens (primary N) is 1. The first-order chi connectivity index (χ1) is 11.4. The van der Waals surface area contributed by atoms with E-state index in [1.54, 1.807) is 26.0 Å². The van der Waals surface area contributed by atoms with Crippen LogP contribution < -0.4 is 16.4 Å². The van der Waals surface area contributed by atoms with Crippen LogP contribution in [0.5, 0.6) is 0 Å². The Labute approximate surface area is 168 Å². The van der Waals surface area contributed by atoms with Gasteiger partial charge in [0, 0.05) is 25.2 Å². The summed E-state index contributed by atoms with van der Waals surface area (Å²) >= 11 is 0. The van der Waals surface area contributed by atoms with Crippen molar-refractivity contribution >= 4 is 36.6 Å². The van der Waals surface area contributed by atoms with Crippen LogP contribution in [-0.2, 0) is 11.3 Å². The molecule has 0 unspecified atom stereocenters. The maximum Gasteiger partial charge on any atom is 0.251 e. The van der Waals surface area contributed by atoms with E-state index >= 15 is 0 Å². The molecule has 0 radical (unpaired) electrons. The molecule has 4 N–H and O–H groups in total. The number of carbonyl (C=O) groups is 2. The van der Waals surface area contributed by atoms with Gasteiger partial charge in [0.1, 0.15) is 0 Å². The predicted molar refractivity (Wildman–Crippen MR) is 109 cm³/mol. The summed E-state index contributed by atoms with van der Waals surface area (Å²) < 4.78 is 0. The number of nitrogens with zero attached hydrogens (tertiary/aromatic N) is 1. The van der Waals surface area contributed by atoms with Crippen molar-refractivity contribution < 1.29 is 9.59 Å². The predicted octanol–water partition coefficient (Wildman–Crippen LogP) is 1.71. The average Bonchev–Trinajstić information content (AvgIpc) is 3.05. The summed E-state index contributed by atoms with van der Waals surface area (Å²) in [5.74, 6) is -0.265. The number of rotatable bonds is 7. The van der Waals surface area contributed by atoms with Crippen LogP contribution in [0.1, 0.15) is 42.6 Å². The molecule has 1 heterocycles. The van der Waals surface area contributed by atoms with Crippen LogP contribution in [0.25, 0.3) is 0 Å². The Morgan fingerprint density at radius 1 is 1.08 bits per heavy atom. The third-order valence-corrected chi connectivity index (χ3v) is 4.17. The molecule has 2 amide bonds. The number of carbonyl (C=O) groups excluding carboxylic acids is 2. The molecular formula is C18H30Cl2N4O2. The lowest BCUT2D eigenvalue weighted by Crippen LogP contribution is -2.48. The maximum atomic E-state index is 12.1. The van der Waals surface area contributed by atoms with Gasteiger partial charge in [-0.05, 0) is 57.5 Å². The summed E-state index contributed by atoms with van der Waals surface area (Å²) in [5, 5.41) is 5.73. The molecule has 0 aromatic heterocycles. The van der Waals surface area contributed by atoms with Crippen LogP contribution in [0.15, 0.2) is 24.3 Å². The van der Waals surface area contributed by atoms with Crippen LogP contribution in [0, 0.1) is 0 Å². The largest absolute Gasteiger partial charge is 0.351 e. The lowest BCUT2D eigenvalue weighted by molar-refractivity contribution is -0.125. The second-order valence-corrected chi connectivity index (χ2v) is 6.91. The number of hydrogen-bond donors (Lipinski definition) is 3. The lowest BCUT2D eigenvalue weighted by atomic mass is 10.1. The topological polar surface area (TPSA) is 87.5 Å². The zero-order valence-corrected chi connectivity index (χ0v) is 17.0. The van der Waals surface area contributed by atoms with Crippen molar-refractivity contribution in [1.82, 2.24) is 15.5 Å². The van der Waals surface area contributed by atoms with Crippen LogP contribution in [-0.4, -0.2) is 48.4 Å². The SMILES string of the molecule is CC(C)(N)C(=O)NCc1ccc(C(=O)NCCN2CCCC2)cc1.Cl.Cl. The number of nitrogens with one attached hydrogen (secondary N) is 2. The molecule has 0 spiro atoms. The van der Waals surface area contributed by atoms with E-state index in [2.05, 4.69) is 15.5 Å². The normalized spacial score (nSPS) is 14.1. The van der Waals surface area contributed by atoms with E-state index in [9.17, 15) is 9.59 Å². The fourth-order valence-electron chi connectivity index (χ4n) is 2.62. The molecule has 26 heavy (non-hydrogen) atoms. The molecule has 2 rings (SSSR count). The highest BCUT2D eigenvalue weighted by molar-refractivity contribution is 5.94. The van der Waals surface area contributed by atoms with Crippen molar-refractivity contribution in [1.29, 1.82) is 0 Å². The molecule has 6 nitrogen and oxygen atoms in total. The molecule has 0 bridgehead atoms. The maximum absolute atomic E-state index is 12.1. The molecule has 1 aromatic carbocycles. The van der Waals surface area contributed by atoms with Gasteiger partial charge in [-0.25, -0.2) is 0 Å². The molecule has 0 saturated carbocycles. The fourth-order valence-corrected chi connectivity index (χ4v) is 2.62. The van der Waals surface area contributed by atoms with Crippen LogP contribution >= 0.6 is 24.8 Å². The van der Waals surface area contributed by atoms with Crippen molar-refractivity contribution in [3.8, 4) is 0 Å². The third kappa shape index (κ3) is 7.91. The summed E-state index contributed by atoms with van der Waals surface area (Å²) in [7, 11) is 0. The number of halogens is 2. The van der Waals surface area contributed by atoms with Gasteiger partial charge in [0.2, 0.25) is 5.91 Å². The quantitative estimate of drug-likeness (QED) is 0.645. The number of likely N-dealkylation sites (tertiary alicyclic amines) is 1. The van der Waals surface area contributed by atoms with Gasteiger partial charge in [0.25, 0.3) is 5.91 Å². The second kappa shape index (κ2) is 11.4. The van der Waals surface area contributed by atoms with Crippen LogP contribution in [0.3, 0.4) is 0 Å². The first-order valence-electron chi connectivity index (χ1n) is 8.53. The van der Waals surface area contributed by atoms with Gasteiger partial charge in [0.15, 0.2) is 0 Å². The highest BCUT2D eigenvalue weighted by Crippen LogP contribution is 2.07. The first-order valence-corrected chi connectivity index (χ1v) is 8.53. The van der Waals surface area contributed by atoms with Gasteiger partial charge in [-0.2, -0.15) is 0 Å². The van der Waals surface area contributed by atoms with Crippen molar-refractivity contribution in [3.05, 3.63) is 35.4 Å². The molecule has 8 heteroatoms. The van der Waals surface area contributed by atoms with E-state index in [0.29, 0.717) is 18.7 Å². The fraction of sp³-hybridized carbons (Fsp3) is 0.556.